The van der Waals surface area contributed by atoms with E-state index in [0.717, 1.165) is 5.56 Å². The lowest BCUT2D eigenvalue weighted by Gasteiger charge is -2.26. The second-order valence-corrected chi connectivity index (χ2v) is 9.19. The summed E-state index contributed by atoms with van der Waals surface area (Å²) in [6.45, 7) is 8.19. The topological polar surface area (TPSA) is 76.0 Å². The summed E-state index contributed by atoms with van der Waals surface area (Å²) in [4.78, 5) is 18.4. The zero-order valence-corrected chi connectivity index (χ0v) is 18.5. The molecule has 0 bridgehead atoms. The van der Waals surface area contributed by atoms with E-state index in [1.54, 1.807) is 12.1 Å². The molecular formula is C24H27O5P. The summed E-state index contributed by atoms with van der Waals surface area (Å²) in [7, 11) is -4.67. The van der Waals surface area contributed by atoms with E-state index in [0.29, 0.717) is 17.1 Å². The van der Waals surface area contributed by atoms with Crippen LogP contribution in [-0.2, 0) is 9.98 Å². The van der Waals surface area contributed by atoms with Crippen LogP contribution < -0.4 is 9.26 Å². The Balaban J connectivity index is 1.89. The maximum absolute atomic E-state index is 11.3. The second-order valence-electron chi connectivity index (χ2n) is 8.02. The van der Waals surface area contributed by atoms with Crippen molar-refractivity contribution in [2.45, 2.75) is 39.0 Å². The monoisotopic (exact) mass is 426 g/mol. The second kappa shape index (κ2) is 8.65. The van der Waals surface area contributed by atoms with Crippen LogP contribution in [0.4, 0.5) is 0 Å². The van der Waals surface area contributed by atoms with Crippen molar-refractivity contribution in [3.8, 4) is 17.2 Å². The zero-order valence-electron chi connectivity index (χ0n) is 17.6. The van der Waals surface area contributed by atoms with Gasteiger partial charge >= 0.3 is 7.82 Å². The first-order valence-corrected chi connectivity index (χ1v) is 11.3. The molecule has 0 spiro atoms. The van der Waals surface area contributed by atoms with Gasteiger partial charge in [0.05, 0.1) is 0 Å². The Morgan fingerprint density at radius 2 is 1.37 bits per heavy atom. The first-order valence-electron chi connectivity index (χ1n) is 9.80. The van der Waals surface area contributed by atoms with Gasteiger partial charge in [-0.1, -0.05) is 76.2 Å². The van der Waals surface area contributed by atoms with Crippen molar-refractivity contribution in [3.63, 3.8) is 0 Å². The Labute approximate surface area is 177 Å². The summed E-state index contributed by atoms with van der Waals surface area (Å²) in [5.41, 5.74) is 2.83. The molecule has 3 aromatic rings. The molecule has 158 valence electrons. The fourth-order valence-corrected chi connectivity index (χ4v) is 3.89. The van der Waals surface area contributed by atoms with Gasteiger partial charge in [-0.05, 0) is 41.3 Å². The Bertz CT molecular complexity index is 1040. The van der Waals surface area contributed by atoms with Crippen molar-refractivity contribution in [1.82, 2.24) is 0 Å². The lowest BCUT2D eigenvalue weighted by atomic mass is 9.78. The molecule has 0 heterocycles. The molecular weight excluding hydrogens is 399 g/mol. The van der Waals surface area contributed by atoms with Crippen LogP contribution in [0.25, 0.3) is 0 Å². The molecule has 6 heteroatoms. The fourth-order valence-electron chi connectivity index (χ4n) is 3.48. The summed E-state index contributed by atoms with van der Waals surface area (Å²) in [6.07, 6.45) is 0. The number of phosphoric ester groups is 1. The molecule has 0 amide bonds. The highest BCUT2D eigenvalue weighted by Crippen LogP contribution is 2.45. The normalized spacial score (nSPS) is 12.1. The molecule has 0 radical (unpaired) electrons. The molecule has 3 aromatic carbocycles. The van der Waals surface area contributed by atoms with E-state index >= 15 is 0 Å². The van der Waals surface area contributed by atoms with Gasteiger partial charge in [0.1, 0.15) is 17.2 Å². The van der Waals surface area contributed by atoms with Crippen LogP contribution in [-0.4, -0.2) is 9.79 Å². The molecule has 5 nitrogen and oxygen atoms in total. The number of ether oxygens (including phenoxy) is 1. The van der Waals surface area contributed by atoms with Gasteiger partial charge in [-0.15, -0.1) is 0 Å². The average Bonchev–Trinajstić information content (AvgIpc) is 2.68. The van der Waals surface area contributed by atoms with Crippen LogP contribution in [0, 0.1) is 0 Å². The minimum Gasteiger partial charge on any atom is -0.457 e. The van der Waals surface area contributed by atoms with Crippen LogP contribution in [0.1, 0.15) is 50.3 Å². The van der Waals surface area contributed by atoms with E-state index in [9.17, 15) is 14.4 Å². The lowest BCUT2D eigenvalue weighted by Crippen LogP contribution is -2.18. The first-order chi connectivity index (χ1) is 14.1. The molecule has 0 aliphatic heterocycles. The minimum atomic E-state index is -4.67. The van der Waals surface area contributed by atoms with Crippen molar-refractivity contribution < 1.29 is 23.6 Å². The number of hydrogen-bond donors (Lipinski definition) is 2. The molecule has 0 aliphatic rings. The number of rotatable bonds is 7. The minimum absolute atomic E-state index is 0.0564. The largest absolute Gasteiger partial charge is 0.524 e. The zero-order chi connectivity index (χ0) is 21.9. The van der Waals surface area contributed by atoms with Crippen molar-refractivity contribution in [2.24, 2.45) is 0 Å². The standard InChI is InChI=1S/C24H27O5P/c1-17(2)23-21(11-8-12-22(23)29-30(25,26)27)28-20-15-13-19(14-16-20)24(3,4)18-9-6-5-7-10-18/h5-17H,1-4H3,(H2,25,26,27). The Kier molecular flexibility index (Phi) is 6.37. The van der Waals surface area contributed by atoms with Crippen molar-refractivity contribution in [1.29, 1.82) is 0 Å². The molecule has 0 aromatic heterocycles. The van der Waals surface area contributed by atoms with Crippen LogP contribution in [0.3, 0.4) is 0 Å². The molecule has 0 saturated carbocycles. The van der Waals surface area contributed by atoms with E-state index in [1.807, 2.05) is 56.3 Å². The Hall–Kier alpha value is -2.59. The highest BCUT2D eigenvalue weighted by molar-refractivity contribution is 7.46. The number of hydrogen-bond acceptors (Lipinski definition) is 3. The van der Waals surface area contributed by atoms with Gasteiger partial charge in [-0.25, -0.2) is 4.57 Å². The van der Waals surface area contributed by atoms with Gasteiger partial charge < -0.3 is 9.26 Å². The van der Waals surface area contributed by atoms with Crippen LogP contribution in [0.5, 0.6) is 17.2 Å². The quantitative estimate of drug-likeness (QED) is 0.428. The third-order valence-electron chi connectivity index (χ3n) is 5.12. The van der Waals surface area contributed by atoms with Gasteiger partial charge in [-0.2, -0.15) is 0 Å². The summed E-state index contributed by atoms with van der Waals surface area (Å²) in [6, 6.07) is 23.1. The molecule has 0 unspecified atom stereocenters. The van der Waals surface area contributed by atoms with E-state index < -0.39 is 7.82 Å². The van der Waals surface area contributed by atoms with Gasteiger partial charge in [0.15, 0.2) is 0 Å². The van der Waals surface area contributed by atoms with Crippen molar-refractivity contribution in [3.05, 3.63) is 89.5 Å². The van der Waals surface area contributed by atoms with E-state index in [4.69, 9.17) is 9.26 Å². The van der Waals surface area contributed by atoms with Gasteiger partial charge in [0.2, 0.25) is 0 Å². The summed E-state index contributed by atoms with van der Waals surface area (Å²) in [5.74, 6) is 1.21. The van der Waals surface area contributed by atoms with Crippen LogP contribution in [0.15, 0.2) is 72.8 Å². The Morgan fingerprint density at radius 3 is 1.93 bits per heavy atom. The predicted molar refractivity (Wildman–Crippen MR) is 118 cm³/mol. The third kappa shape index (κ3) is 5.11. The third-order valence-corrected chi connectivity index (χ3v) is 5.55. The Morgan fingerprint density at radius 1 is 0.800 bits per heavy atom. The smallest absolute Gasteiger partial charge is 0.457 e. The molecule has 0 saturated heterocycles. The van der Waals surface area contributed by atoms with Crippen LogP contribution >= 0.6 is 7.82 Å². The number of phosphoric acid groups is 1. The first kappa shape index (κ1) is 22.1. The molecule has 0 atom stereocenters. The fraction of sp³-hybridized carbons (Fsp3) is 0.250. The maximum atomic E-state index is 11.3. The molecule has 2 N–H and O–H groups in total. The average molecular weight is 426 g/mol. The van der Waals surface area contributed by atoms with E-state index in [2.05, 4.69) is 26.0 Å². The highest BCUT2D eigenvalue weighted by Gasteiger charge is 2.24. The predicted octanol–water partition coefficient (Wildman–Crippen LogP) is 6.40. The number of benzene rings is 3. The summed E-state index contributed by atoms with van der Waals surface area (Å²) < 4.78 is 22.3. The highest BCUT2D eigenvalue weighted by atomic mass is 31.2. The van der Waals surface area contributed by atoms with Gasteiger partial charge in [-0.3, -0.25) is 9.79 Å². The molecule has 30 heavy (non-hydrogen) atoms. The maximum Gasteiger partial charge on any atom is 0.524 e. The van der Waals surface area contributed by atoms with E-state index in [1.165, 1.54) is 11.6 Å². The SMILES string of the molecule is CC(C)c1c(Oc2ccc(C(C)(C)c3ccccc3)cc2)cccc1OP(=O)(O)O. The van der Waals surface area contributed by atoms with Crippen molar-refractivity contribution in [2.75, 3.05) is 0 Å². The van der Waals surface area contributed by atoms with Gasteiger partial charge in [0.25, 0.3) is 0 Å². The van der Waals surface area contributed by atoms with Gasteiger partial charge in [0, 0.05) is 11.0 Å². The molecule has 3 rings (SSSR count). The van der Waals surface area contributed by atoms with Crippen LogP contribution in [0.2, 0.25) is 0 Å². The summed E-state index contributed by atoms with van der Waals surface area (Å²) >= 11 is 0. The molecule has 0 aliphatic carbocycles. The molecule has 0 fully saturated rings. The van der Waals surface area contributed by atoms with Crippen molar-refractivity contribution >= 4 is 7.82 Å². The lowest BCUT2D eigenvalue weighted by molar-refractivity contribution is 0.281. The van der Waals surface area contributed by atoms with E-state index in [-0.39, 0.29) is 17.1 Å². The summed E-state index contributed by atoms with van der Waals surface area (Å²) in [5, 5.41) is 0.